The average Bonchev–Trinajstić information content (AvgIpc) is 3.32. The molecule has 0 radical (unpaired) electrons. The van der Waals surface area contributed by atoms with Crippen molar-refractivity contribution in [2.75, 3.05) is 0 Å². The van der Waals surface area contributed by atoms with Crippen molar-refractivity contribution in [3.05, 3.63) is 89.5 Å². The van der Waals surface area contributed by atoms with Gasteiger partial charge in [0.05, 0.1) is 0 Å². The molecule has 27 heavy (non-hydrogen) atoms. The Morgan fingerprint density at radius 3 is 2.56 bits per heavy atom. The van der Waals surface area contributed by atoms with Crippen LogP contribution in [0.1, 0.15) is 21.5 Å². The fourth-order valence-electron chi connectivity index (χ4n) is 3.53. The molecule has 0 saturated carbocycles. The molecule has 0 fully saturated rings. The predicted octanol–water partition coefficient (Wildman–Crippen LogP) is 3.79. The molecule has 1 aromatic heterocycles. The van der Waals surface area contributed by atoms with E-state index in [-0.39, 0.29) is 12.3 Å². The van der Waals surface area contributed by atoms with Gasteiger partial charge >= 0.3 is 0 Å². The van der Waals surface area contributed by atoms with Crippen molar-refractivity contribution in [1.82, 2.24) is 20.2 Å². The molecule has 0 unspecified atom stereocenters. The van der Waals surface area contributed by atoms with E-state index in [0.29, 0.717) is 11.4 Å². The molecule has 4 aromatic rings. The standard InChI is InChI=1S/C22H16N4O/c27-21(14-26-24-22(23-25-26)15-6-2-1-3-7-15)18-11-10-17-12-16-8-4-5-9-19(16)20(17)13-18/h1-11,13H,12,14H2. The zero-order valence-electron chi connectivity index (χ0n) is 14.5. The summed E-state index contributed by atoms with van der Waals surface area (Å²) in [7, 11) is 0. The number of rotatable bonds is 4. The van der Waals surface area contributed by atoms with E-state index in [2.05, 4.69) is 33.6 Å². The van der Waals surface area contributed by atoms with Crippen molar-refractivity contribution in [3.8, 4) is 22.5 Å². The lowest BCUT2D eigenvalue weighted by molar-refractivity contribution is 0.0961. The zero-order valence-corrected chi connectivity index (χ0v) is 14.5. The van der Waals surface area contributed by atoms with Crippen molar-refractivity contribution in [2.45, 2.75) is 13.0 Å². The number of tetrazole rings is 1. The molecule has 0 bridgehead atoms. The molecule has 0 aliphatic heterocycles. The Morgan fingerprint density at radius 1 is 0.889 bits per heavy atom. The van der Waals surface area contributed by atoms with Crippen LogP contribution in [0.25, 0.3) is 22.5 Å². The summed E-state index contributed by atoms with van der Waals surface area (Å²) in [6.07, 6.45) is 0.922. The number of carbonyl (C=O) groups is 1. The van der Waals surface area contributed by atoms with Crippen LogP contribution in [0, 0.1) is 0 Å². The van der Waals surface area contributed by atoms with Crippen LogP contribution in [0.4, 0.5) is 0 Å². The van der Waals surface area contributed by atoms with Gasteiger partial charge in [-0.1, -0.05) is 66.7 Å². The number of fused-ring (bicyclic) bond motifs is 3. The van der Waals surface area contributed by atoms with Gasteiger partial charge in [-0.15, -0.1) is 10.2 Å². The molecule has 130 valence electrons. The van der Waals surface area contributed by atoms with Crippen molar-refractivity contribution >= 4 is 5.78 Å². The third kappa shape index (κ3) is 2.83. The van der Waals surface area contributed by atoms with E-state index in [1.807, 2.05) is 54.6 Å². The summed E-state index contributed by atoms with van der Waals surface area (Å²) in [5.41, 5.74) is 6.48. The van der Waals surface area contributed by atoms with E-state index in [4.69, 9.17) is 0 Å². The third-order valence-corrected chi connectivity index (χ3v) is 4.89. The van der Waals surface area contributed by atoms with Gasteiger partial charge in [0.1, 0.15) is 6.54 Å². The van der Waals surface area contributed by atoms with Crippen LogP contribution in [0.3, 0.4) is 0 Å². The zero-order chi connectivity index (χ0) is 18.2. The molecule has 0 atom stereocenters. The van der Waals surface area contributed by atoms with E-state index in [0.717, 1.165) is 17.5 Å². The van der Waals surface area contributed by atoms with Crippen LogP contribution in [-0.4, -0.2) is 26.0 Å². The molecule has 5 heteroatoms. The summed E-state index contributed by atoms with van der Waals surface area (Å²) in [6.45, 7) is 0.0697. The smallest absolute Gasteiger partial charge is 0.204 e. The number of carbonyl (C=O) groups excluding carboxylic acids is 1. The molecule has 5 nitrogen and oxygen atoms in total. The highest BCUT2D eigenvalue weighted by Crippen LogP contribution is 2.36. The van der Waals surface area contributed by atoms with Gasteiger partial charge in [0.2, 0.25) is 5.82 Å². The van der Waals surface area contributed by atoms with Gasteiger partial charge < -0.3 is 0 Å². The summed E-state index contributed by atoms with van der Waals surface area (Å²) < 4.78 is 0. The summed E-state index contributed by atoms with van der Waals surface area (Å²) in [4.78, 5) is 14.1. The molecule has 1 heterocycles. The highest BCUT2D eigenvalue weighted by Gasteiger charge is 2.20. The number of aromatic nitrogens is 4. The Hall–Kier alpha value is -3.60. The normalized spacial score (nSPS) is 11.9. The Balaban J connectivity index is 1.40. The van der Waals surface area contributed by atoms with E-state index >= 15 is 0 Å². The highest BCUT2D eigenvalue weighted by molar-refractivity contribution is 5.97. The quantitative estimate of drug-likeness (QED) is 0.462. The Morgan fingerprint density at radius 2 is 1.67 bits per heavy atom. The maximum absolute atomic E-state index is 12.7. The second kappa shape index (κ2) is 6.29. The summed E-state index contributed by atoms with van der Waals surface area (Å²) in [5, 5.41) is 12.4. The van der Waals surface area contributed by atoms with Gasteiger partial charge in [-0.05, 0) is 40.0 Å². The topological polar surface area (TPSA) is 60.7 Å². The van der Waals surface area contributed by atoms with Gasteiger partial charge in [0.25, 0.3) is 0 Å². The number of hydrogen-bond donors (Lipinski definition) is 0. The lowest BCUT2D eigenvalue weighted by atomic mass is 10.0. The van der Waals surface area contributed by atoms with Gasteiger partial charge in [0.15, 0.2) is 5.78 Å². The molecular formula is C22H16N4O. The maximum atomic E-state index is 12.7. The molecule has 0 amide bonds. The SMILES string of the molecule is O=C(Cn1nnc(-c2ccccc2)n1)c1ccc2c(c1)-c1ccccc1C2. The molecule has 5 rings (SSSR count). The van der Waals surface area contributed by atoms with Crippen LogP contribution in [-0.2, 0) is 13.0 Å². The molecule has 1 aliphatic rings. The van der Waals surface area contributed by atoms with E-state index < -0.39 is 0 Å². The number of Topliss-reactive ketones (excluding diaryl/α,β-unsaturated/α-hetero) is 1. The van der Waals surface area contributed by atoms with Gasteiger partial charge in [-0.25, -0.2) is 0 Å². The first-order valence-corrected chi connectivity index (χ1v) is 8.85. The number of ketones is 1. The van der Waals surface area contributed by atoms with Crippen LogP contribution in [0.15, 0.2) is 72.8 Å². The summed E-state index contributed by atoms with van der Waals surface area (Å²) in [5.74, 6) is 0.491. The fraction of sp³-hybridized carbons (Fsp3) is 0.0909. The van der Waals surface area contributed by atoms with Gasteiger partial charge in [-0.3, -0.25) is 4.79 Å². The molecule has 1 aliphatic carbocycles. The van der Waals surface area contributed by atoms with Gasteiger partial charge in [-0.2, -0.15) is 4.80 Å². The van der Waals surface area contributed by atoms with E-state index in [9.17, 15) is 4.79 Å². The predicted molar refractivity (Wildman–Crippen MR) is 102 cm³/mol. The minimum atomic E-state index is -0.0285. The summed E-state index contributed by atoms with van der Waals surface area (Å²) in [6, 6.07) is 23.9. The molecule has 3 aromatic carbocycles. The van der Waals surface area contributed by atoms with Crippen LogP contribution < -0.4 is 0 Å². The van der Waals surface area contributed by atoms with Crippen LogP contribution >= 0.6 is 0 Å². The third-order valence-electron chi connectivity index (χ3n) is 4.89. The Labute approximate surface area is 156 Å². The summed E-state index contributed by atoms with van der Waals surface area (Å²) >= 11 is 0. The maximum Gasteiger partial charge on any atom is 0.204 e. The first-order chi connectivity index (χ1) is 13.3. The van der Waals surface area contributed by atoms with E-state index in [1.54, 1.807) is 0 Å². The fourth-order valence-corrected chi connectivity index (χ4v) is 3.53. The minimum Gasteiger partial charge on any atom is -0.292 e. The lowest BCUT2D eigenvalue weighted by Gasteiger charge is -2.05. The first-order valence-electron chi connectivity index (χ1n) is 8.85. The Kier molecular flexibility index (Phi) is 3.64. The number of nitrogens with zero attached hydrogens (tertiary/aromatic N) is 4. The van der Waals surface area contributed by atoms with Crippen molar-refractivity contribution in [3.63, 3.8) is 0 Å². The van der Waals surface area contributed by atoms with Crippen LogP contribution in [0.2, 0.25) is 0 Å². The minimum absolute atomic E-state index is 0.0285. The van der Waals surface area contributed by atoms with Crippen molar-refractivity contribution < 1.29 is 4.79 Å². The molecule has 0 saturated heterocycles. The molecule has 0 N–H and O–H groups in total. The second-order valence-electron chi connectivity index (χ2n) is 6.64. The van der Waals surface area contributed by atoms with Gasteiger partial charge in [0, 0.05) is 11.1 Å². The number of benzene rings is 3. The molecular weight excluding hydrogens is 336 g/mol. The largest absolute Gasteiger partial charge is 0.292 e. The monoisotopic (exact) mass is 352 g/mol. The van der Waals surface area contributed by atoms with Crippen LogP contribution in [0.5, 0.6) is 0 Å². The number of hydrogen-bond acceptors (Lipinski definition) is 4. The van der Waals surface area contributed by atoms with Crippen molar-refractivity contribution in [2.24, 2.45) is 0 Å². The Bertz CT molecular complexity index is 1150. The first kappa shape index (κ1) is 15.6. The second-order valence-corrected chi connectivity index (χ2v) is 6.64. The lowest BCUT2D eigenvalue weighted by Crippen LogP contribution is -2.13. The van der Waals surface area contributed by atoms with E-state index in [1.165, 1.54) is 21.5 Å². The highest BCUT2D eigenvalue weighted by atomic mass is 16.1. The molecule has 0 spiro atoms. The van der Waals surface area contributed by atoms with Crippen molar-refractivity contribution in [1.29, 1.82) is 0 Å². The average molecular weight is 352 g/mol.